The number of ketones is 1. The summed E-state index contributed by atoms with van der Waals surface area (Å²) >= 11 is 0. The fourth-order valence-corrected chi connectivity index (χ4v) is 3.82. The van der Waals surface area contributed by atoms with Gasteiger partial charge in [-0.15, -0.1) is 0 Å². The molecule has 2 aromatic rings. The smallest absolute Gasteiger partial charge is 0.322 e. The number of hydrogen-bond acceptors (Lipinski definition) is 6. The fraction of sp³-hybridized carbons (Fsp3) is 0.273. The van der Waals surface area contributed by atoms with Gasteiger partial charge in [0.2, 0.25) is 5.75 Å². The van der Waals surface area contributed by atoms with Crippen LogP contribution in [0.5, 0.6) is 11.5 Å². The zero-order valence-electron chi connectivity index (χ0n) is 17.4. The van der Waals surface area contributed by atoms with Gasteiger partial charge in [-0.1, -0.05) is 30.3 Å². The summed E-state index contributed by atoms with van der Waals surface area (Å²) in [6.45, 7) is 3.34. The number of benzene rings is 2. The van der Waals surface area contributed by atoms with E-state index >= 15 is 0 Å². The molecule has 0 radical (unpaired) electrons. The molecule has 2 aromatic carbocycles. The van der Waals surface area contributed by atoms with Crippen LogP contribution in [0, 0.1) is 10.1 Å². The summed E-state index contributed by atoms with van der Waals surface area (Å²) in [4.78, 5) is 37.9. The Hall–Kier alpha value is -3.88. The lowest BCUT2D eigenvalue weighted by Gasteiger charge is -2.35. The fourth-order valence-electron chi connectivity index (χ4n) is 3.82. The molecule has 1 aliphatic heterocycles. The number of urea groups is 1. The van der Waals surface area contributed by atoms with Gasteiger partial charge in [-0.05, 0) is 38.0 Å². The van der Waals surface area contributed by atoms with Crippen molar-refractivity contribution in [3.63, 3.8) is 0 Å². The van der Waals surface area contributed by atoms with Gasteiger partial charge >= 0.3 is 11.7 Å². The second kappa shape index (κ2) is 8.86. The number of allylic oxidation sites excluding steroid dienone is 1. The number of phenols is 1. The number of rotatable bonds is 7. The van der Waals surface area contributed by atoms with E-state index in [0.717, 1.165) is 5.56 Å². The van der Waals surface area contributed by atoms with Crippen LogP contribution < -0.4 is 10.1 Å². The average Bonchev–Trinajstić information content (AvgIpc) is 2.73. The number of Topliss-reactive ketones (excluding diaryl/α,β-unsaturated/α-hetero) is 1. The van der Waals surface area contributed by atoms with E-state index < -0.39 is 28.4 Å². The lowest BCUT2D eigenvalue weighted by Crippen LogP contribution is -2.48. The molecule has 3 rings (SSSR count). The van der Waals surface area contributed by atoms with E-state index in [1.165, 1.54) is 31.1 Å². The number of aromatic hydroxyl groups is 1. The number of carbonyl (C=O) groups excluding carboxylic acids is 2. The molecule has 0 aliphatic carbocycles. The molecule has 2 amide bonds. The molecule has 1 heterocycles. The highest BCUT2D eigenvalue weighted by Crippen LogP contribution is 2.44. The van der Waals surface area contributed by atoms with E-state index in [1.54, 1.807) is 6.92 Å². The minimum atomic E-state index is -1.05. The first kappa shape index (κ1) is 21.8. The van der Waals surface area contributed by atoms with Gasteiger partial charge in [-0.25, -0.2) is 4.79 Å². The molecule has 1 aliphatic rings. The first-order chi connectivity index (χ1) is 14.8. The molecule has 162 valence electrons. The van der Waals surface area contributed by atoms with Crippen LogP contribution in [0.4, 0.5) is 10.5 Å². The van der Waals surface area contributed by atoms with E-state index in [-0.39, 0.29) is 22.7 Å². The number of phenolic OH excluding ortho intramolecular Hbond substituents is 1. The van der Waals surface area contributed by atoms with E-state index in [0.29, 0.717) is 18.7 Å². The third-order valence-electron chi connectivity index (χ3n) is 5.28. The van der Waals surface area contributed by atoms with Crippen LogP contribution in [0.2, 0.25) is 0 Å². The summed E-state index contributed by atoms with van der Waals surface area (Å²) in [6, 6.07) is 10.6. The number of ether oxygens (including phenoxy) is 1. The van der Waals surface area contributed by atoms with Gasteiger partial charge in [0.05, 0.1) is 23.6 Å². The Bertz CT molecular complexity index is 1060. The van der Waals surface area contributed by atoms with Gasteiger partial charge < -0.3 is 15.2 Å². The SMILES string of the molecule is COc1c(O)ccc([C@@H]2NC(=O)N(CCc3ccccc3)C(C)=C2C(C)=O)c1[N+](=O)[O-]. The summed E-state index contributed by atoms with van der Waals surface area (Å²) in [5, 5.41) is 24.4. The quantitative estimate of drug-likeness (QED) is 0.517. The maximum Gasteiger partial charge on any atom is 0.322 e. The molecule has 9 heteroatoms. The van der Waals surface area contributed by atoms with Gasteiger partial charge in [0.25, 0.3) is 0 Å². The zero-order valence-corrected chi connectivity index (χ0v) is 17.4. The van der Waals surface area contributed by atoms with E-state index in [2.05, 4.69) is 5.32 Å². The predicted octanol–water partition coefficient (Wildman–Crippen LogP) is 3.48. The number of nitro groups is 1. The molecule has 0 unspecified atom stereocenters. The van der Waals surface area contributed by atoms with Crippen molar-refractivity contribution >= 4 is 17.5 Å². The average molecular weight is 425 g/mol. The lowest BCUT2D eigenvalue weighted by atomic mass is 9.91. The van der Waals surface area contributed by atoms with Crippen molar-refractivity contribution in [2.24, 2.45) is 0 Å². The molecule has 31 heavy (non-hydrogen) atoms. The van der Waals surface area contributed by atoms with Gasteiger partial charge in [-0.2, -0.15) is 0 Å². The minimum absolute atomic E-state index is 0.0558. The first-order valence-electron chi connectivity index (χ1n) is 9.64. The summed E-state index contributed by atoms with van der Waals surface area (Å²) < 4.78 is 5.01. The first-order valence-corrected chi connectivity index (χ1v) is 9.64. The van der Waals surface area contributed by atoms with Crippen LogP contribution in [0.25, 0.3) is 0 Å². The summed E-state index contributed by atoms with van der Waals surface area (Å²) in [7, 11) is 1.20. The Morgan fingerprint density at radius 3 is 2.52 bits per heavy atom. The molecular formula is C22H23N3O6. The molecule has 9 nitrogen and oxygen atoms in total. The number of nitro benzene ring substituents is 1. The second-order valence-corrected chi connectivity index (χ2v) is 7.14. The molecule has 0 saturated carbocycles. The van der Waals surface area contributed by atoms with Gasteiger partial charge in [0.15, 0.2) is 11.5 Å². The van der Waals surface area contributed by atoms with Crippen LogP contribution in [0.3, 0.4) is 0 Å². The van der Waals surface area contributed by atoms with Crippen molar-refractivity contribution in [2.75, 3.05) is 13.7 Å². The molecular weight excluding hydrogens is 402 g/mol. The van der Waals surface area contributed by atoms with Crippen molar-refractivity contribution in [2.45, 2.75) is 26.3 Å². The highest BCUT2D eigenvalue weighted by atomic mass is 16.6. The predicted molar refractivity (Wildman–Crippen MR) is 113 cm³/mol. The monoisotopic (exact) mass is 425 g/mol. The number of hydrogen-bond donors (Lipinski definition) is 2. The van der Waals surface area contributed by atoms with Crippen LogP contribution in [-0.2, 0) is 11.2 Å². The number of nitrogens with zero attached hydrogens (tertiary/aromatic N) is 2. The van der Waals surface area contributed by atoms with Gasteiger partial charge in [-0.3, -0.25) is 19.8 Å². The van der Waals surface area contributed by atoms with Crippen LogP contribution in [0.15, 0.2) is 53.7 Å². The summed E-state index contributed by atoms with van der Waals surface area (Å²) in [6.07, 6.45) is 0.578. The van der Waals surface area contributed by atoms with E-state index in [4.69, 9.17) is 4.74 Å². The molecule has 0 saturated heterocycles. The lowest BCUT2D eigenvalue weighted by molar-refractivity contribution is -0.386. The standard InChI is InChI=1S/C22H23N3O6/c1-13-18(14(2)26)19(16-9-10-17(27)21(31-3)20(16)25(29)30)23-22(28)24(13)12-11-15-7-5-4-6-8-15/h4-10,19,27H,11-12H2,1-3H3,(H,23,28)/t19-/m0/s1. The number of methoxy groups -OCH3 is 1. The van der Waals surface area contributed by atoms with E-state index in [1.807, 2.05) is 30.3 Å². The van der Waals surface area contributed by atoms with Crippen molar-refractivity contribution in [1.29, 1.82) is 0 Å². The molecule has 0 aromatic heterocycles. The van der Waals surface area contributed by atoms with Crippen LogP contribution in [0.1, 0.15) is 31.0 Å². The molecule has 0 bridgehead atoms. The Kier molecular flexibility index (Phi) is 6.24. The van der Waals surface area contributed by atoms with Crippen molar-refractivity contribution < 1.29 is 24.4 Å². The molecule has 0 fully saturated rings. The Labute approximate surface area is 179 Å². The van der Waals surface area contributed by atoms with Crippen molar-refractivity contribution in [3.8, 4) is 11.5 Å². The number of nitrogens with one attached hydrogen (secondary N) is 1. The topological polar surface area (TPSA) is 122 Å². The maximum atomic E-state index is 12.9. The van der Waals surface area contributed by atoms with Crippen LogP contribution in [-0.4, -0.2) is 40.4 Å². The minimum Gasteiger partial charge on any atom is -0.504 e. The van der Waals surface area contributed by atoms with Gasteiger partial charge in [0.1, 0.15) is 0 Å². The Morgan fingerprint density at radius 2 is 1.94 bits per heavy atom. The highest BCUT2D eigenvalue weighted by Gasteiger charge is 2.39. The summed E-state index contributed by atoms with van der Waals surface area (Å²) in [5.74, 6) is -1.06. The third-order valence-corrected chi connectivity index (χ3v) is 5.28. The highest BCUT2D eigenvalue weighted by molar-refractivity contribution is 5.98. The number of amides is 2. The third kappa shape index (κ3) is 4.20. The largest absolute Gasteiger partial charge is 0.504 e. The van der Waals surface area contributed by atoms with Gasteiger partial charge in [0, 0.05) is 17.8 Å². The Balaban J connectivity index is 2.06. The number of carbonyl (C=O) groups is 2. The van der Waals surface area contributed by atoms with Crippen LogP contribution >= 0.6 is 0 Å². The van der Waals surface area contributed by atoms with Crippen molar-refractivity contribution in [3.05, 3.63) is 75.0 Å². The summed E-state index contributed by atoms with van der Waals surface area (Å²) in [5.41, 5.74) is 1.26. The Morgan fingerprint density at radius 1 is 1.26 bits per heavy atom. The van der Waals surface area contributed by atoms with E-state index in [9.17, 15) is 24.8 Å². The molecule has 1 atom stereocenters. The van der Waals surface area contributed by atoms with Crippen molar-refractivity contribution in [1.82, 2.24) is 10.2 Å². The molecule has 0 spiro atoms. The maximum absolute atomic E-state index is 12.9. The molecule has 2 N–H and O–H groups in total. The second-order valence-electron chi connectivity index (χ2n) is 7.14. The normalized spacial score (nSPS) is 16.2. The zero-order chi connectivity index (χ0) is 22.7.